The van der Waals surface area contributed by atoms with E-state index < -0.39 is 12.2 Å². The average Bonchev–Trinajstić information content (AvgIpc) is 3.62. The Balaban J connectivity index is 1.32. The lowest BCUT2D eigenvalue weighted by molar-refractivity contribution is -0.205. The summed E-state index contributed by atoms with van der Waals surface area (Å²) >= 11 is 0. The number of nitrogens with zero attached hydrogens (tertiary/aromatic N) is 5. The second kappa shape index (κ2) is 14.0. The van der Waals surface area contributed by atoms with Gasteiger partial charge in [0.2, 0.25) is 17.7 Å². The molecular weight excluding hydrogens is 594 g/mol. The van der Waals surface area contributed by atoms with Crippen molar-refractivity contribution in [1.29, 1.82) is 0 Å². The van der Waals surface area contributed by atoms with Crippen LogP contribution in [0.3, 0.4) is 0 Å². The number of aromatic hydroxyl groups is 1. The number of aryl methyl sites for hydroxylation is 1. The van der Waals surface area contributed by atoms with Crippen LogP contribution in [0.2, 0.25) is 0 Å². The van der Waals surface area contributed by atoms with Gasteiger partial charge in [0.05, 0.1) is 13.1 Å². The number of amides is 4. The van der Waals surface area contributed by atoms with E-state index in [1.807, 2.05) is 60.7 Å². The number of fused-ring (bicyclic) bond motifs is 1. The third-order valence-electron chi connectivity index (χ3n) is 8.91. The fraction of sp³-hybridized carbons (Fsp3) is 0.297. The number of hydrogen-bond donors (Lipinski definition) is 1. The van der Waals surface area contributed by atoms with E-state index in [9.17, 15) is 24.3 Å². The van der Waals surface area contributed by atoms with Crippen LogP contribution in [0.1, 0.15) is 33.5 Å². The molecule has 1 N–H and O–H groups in total. The van der Waals surface area contributed by atoms with E-state index in [1.54, 1.807) is 61.1 Å². The second-order valence-electron chi connectivity index (χ2n) is 12.1. The van der Waals surface area contributed by atoms with Gasteiger partial charge in [0.25, 0.3) is 5.91 Å². The fourth-order valence-corrected chi connectivity index (χ4v) is 6.62. The molecule has 47 heavy (non-hydrogen) atoms. The van der Waals surface area contributed by atoms with Crippen molar-refractivity contribution in [2.24, 2.45) is 0 Å². The van der Waals surface area contributed by atoms with Gasteiger partial charge in [-0.05, 0) is 47.4 Å². The van der Waals surface area contributed by atoms with Crippen LogP contribution in [0.5, 0.6) is 5.75 Å². The van der Waals surface area contributed by atoms with Gasteiger partial charge in [-0.3, -0.25) is 19.2 Å². The molecule has 3 aromatic rings. The molecule has 0 aliphatic carbocycles. The Bertz CT molecular complexity index is 1670. The molecule has 3 aromatic carbocycles. The monoisotopic (exact) mass is 633 g/mol. The maximum atomic E-state index is 14.3. The summed E-state index contributed by atoms with van der Waals surface area (Å²) in [7, 11) is 0. The predicted octanol–water partition coefficient (Wildman–Crippen LogP) is 3.39. The van der Waals surface area contributed by atoms with Gasteiger partial charge >= 0.3 is 0 Å². The zero-order valence-corrected chi connectivity index (χ0v) is 26.3. The highest BCUT2D eigenvalue weighted by molar-refractivity contribution is 5.95. The zero-order valence-electron chi connectivity index (χ0n) is 26.3. The quantitative estimate of drug-likeness (QED) is 0.344. The van der Waals surface area contributed by atoms with Gasteiger partial charge in [0.1, 0.15) is 18.0 Å². The van der Waals surface area contributed by atoms with Crippen LogP contribution in [0.25, 0.3) is 0 Å². The highest BCUT2D eigenvalue weighted by Gasteiger charge is 2.51. The van der Waals surface area contributed by atoms with Crippen molar-refractivity contribution in [3.8, 4) is 5.75 Å². The summed E-state index contributed by atoms with van der Waals surface area (Å²) < 4.78 is 0. The van der Waals surface area contributed by atoms with Crippen molar-refractivity contribution in [2.75, 3.05) is 32.7 Å². The van der Waals surface area contributed by atoms with Gasteiger partial charge in [-0.15, -0.1) is 6.58 Å². The summed E-state index contributed by atoms with van der Waals surface area (Å²) in [6.45, 7) is 5.53. The average molecular weight is 634 g/mol. The van der Waals surface area contributed by atoms with E-state index in [0.717, 1.165) is 16.7 Å². The van der Waals surface area contributed by atoms with Gasteiger partial charge in [0, 0.05) is 44.6 Å². The van der Waals surface area contributed by atoms with Gasteiger partial charge in [0.15, 0.2) is 0 Å². The second-order valence-corrected chi connectivity index (χ2v) is 12.1. The minimum Gasteiger partial charge on any atom is -0.508 e. The Labute approximate surface area is 274 Å². The van der Waals surface area contributed by atoms with Crippen LogP contribution in [-0.2, 0) is 33.8 Å². The molecule has 3 aliphatic heterocycles. The van der Waals surface area contributed by atoms with E-state index in [4.69, 9.17) is 0 Å². The Morgan fingerprint density at radius 2 is 1.62 bits per heavy atom. The van der Waals surface area contributed by atoms with Gasteiger partial charge < -0.3 is 19.8 Å². The Kier molecular flexibility index (Phi) is 9.49. The van der Waals surface area contributed by atoms with Crippen molar-refractivity contribution < 1.29 is 24.3 Å². The third kappa shape index (κ3) is 6.97. The smallest absolute Gasteiger partial charge is 0.254 e. The summed E-state index contributed by atoms with van der Waals surface area (Å²) in [6, 6.07) is 22.8. The molecule has 3 heterocycles. The molecule has 10 nitrogen and oxygen atoms in total. The van der Waals surface area contributed by atoms with Crippen LogP contribution < -0.4 is 0 Å². The van der Waals surface area contributed by atoms with Crippen LogP contribution in [0, 0.1) is 0 Å². The number of rotatable bonds is 10. The van der Waals surface area contributed by atoms with E-state index in [0.29, 0.717) is 31.6 Å². The summed E-state index contributed by atoms with van der Waals surface area (Å²) in [4.78, 5) is 60.3. The molecule has 2 atom stereocenters. The summed E-state index contributed by atoms with van der Waals surface area (Å²) in [6.07, 6.45) is 5.82. The molecule has 2 fully saturated rings. The molecule has 0 radical (unpaired) electrons. The molecule has 6 rings (SSSR count). The first-order valence-electron chi connectivity index (χ1n) is 15.9. The van der Waals surface area contributed by atoms with Crippen molar-refractivity contribution >= 4 is 23.6 Å². The lowest BCUT2D eigenvalue weighted by Gasteiger charge is -2.55. The third-order valence-corrected chi connectivity index (χ3v) is 8.91. The van der Waals surface area contributed by atoms with E-state index >= 15 is 0 Å². The van der Waals surface area contributed by atoms with Crippen LogP contribution in [0.4, 0.5) is 0 Å². The fourth-order valence-electron chi connectivity index (χ4n) is 6.62. The summed E-state index contributed by atoms with van der Waals surface area (Å²) in [5.41, 5.74) is 3.13. The maximum Gasteiger partial charge on any atom is 0.254 e. The van der Waals surface area contributed by atoms with Crippen molar-refractivity contribution in [2.45, 2.75) is 38.0 Å². The van der Waals surface area contributed by atoms with Crippen LogP contribution >= 0.6 is 0 Å². The lowest BCUT2D eigenvalue weighted by Crippen LogP contribution is -2.75. The molecule has 4 amide bonds. The van der Waals surface area contributed by atoms with Crippen LogP contribution in [-0.4, -0.2) is 98.4 Å². The van der Waals surface area contributed by atoms with Gasteiger partial charge in [-0.25, -0.2) is 10.0 Å². The first-order chi connectivity index (χ1) is 22.8. The number of benzene rings is 3. The number of phenolic OH excluding ortho intramolecular Hbond substituents is 1. The number of hydrogen-bond acceptors (Lipinski definition) is 6. The summed E-state index contributed by atoms with van der Waals surface area (Å²) in [5.74, 6) is -0.606. The van der Waals surface area contributed by atoms with Crippen molar-refractivity contribution in [3.05, 3.63) is 126 Å². The molecule has 10 heteroatoms. The zero-order chi connectivity index (χ0) is 32.9. The summed E-state index contributed by atoms with van der Waals surface area (Å²) in [5, 5.41) is 13.2. The highest BCUT2D eigenvalue weighted by Crippen LogP contribution is 2.30. The van der Waals surface area contributed by atoms with Crippen molar-refractivity contribution in [1.82, 2.24) is 24.7 Å². The van der Waals surface area contributed by atoms with Crippen LogP contribution in [0.15, 0.2) is 104 Å². The number of carbonyl (C=O) groups excluding carboxylic acids is 4. The Hall–Kier alpha value is -5.22. The number of hydrazine groups is 1. The minimum atomic E-state index is -0.874. The maximum absolute atomic E-state index is 14.3. The molecule has 0 aromatic heterocycles. The first-order valence-corrected chi connectivity index (χ1v) is 15.9. The first kappa shape index (κ1) is 31.7. The molecule has 2 saturated heterocycles. The topological polar surface area (TPSA) is 105 Å². The van der Waals surface area contributed by atoms with E-state index in [2.05, 4.69) is 6.58 Å². The minimum absolute atomic E-state index is 0.0610. The van der Waals surface area contributed by atoms with E-state index in [-0.39, 0.29) is 61.9 Å². The standard InChI is InChI=1S/C37H39N5O5/c1-2-19-40-26-35(45)41-32(23-28-13-16-31(43)17-14-28)37(47)39(24-29-11-8-12-30(22-29)36(46)38-20-6-7-21-38)25-33(41)42(40)34(44)18-15-27-9-4-3-5-10-27/h2-14,16-17,22,32-33,43H,1,15,18-21,23-26H2/t32-,33-/m0/s1. The molecule has 0 unspecified atom stereocenters. The molecule has 0 bridgehead atoms. The van der Waals surface area contributed by atoms with Crippen molar-refractivity contribution in [3.63, 3.8) is 0 Å². The molecule has 242 valence electrons. The Morgan fingerprint density at radius 1 is 0.894 bits per heavy atom. The molecule has 0 spiro atoms. The molecular formula is C37H39N5O5. The number of phenols is 1. The molecule has 3 aliphatic rings. The van der Waals surface area contributed by atoms with Gasteiger partial charge in [-0.2, -0.15) is 0 Å². The predicted molar refractivity (Wildman–Crippen MR) is 177 cm³/mol. The Morgan fingerprint density at radius 3 is 2.34 bits per heavy atom. The SMILES string of the molecule is C=CCN1CC(=O)N2[C@@H](Cc3ccc(O)cc3)C(=O)N(Cc3cccc(C(=O)N4CC=CC4)c3)C[C@@H]2N1C(=O)CCc1ccccc1. The van der Waals surface area contributed by atoms with E-state index in [1.165, 1.54) is 0 Å². The normalized spacial score (nSPS) is 19.7. The highest BCUT2D eigenvalue weighted by atomic mass is 16.3. The number of carbonyl (C=O) groups is 4. The van der Waals surface area contributed by atoms with Gasteiger partial charge in [-0.1, -0.05) is 72.8 Å². The molecule has 0 saturated carbocycles. The number of piperazine rings is 1. The lowest BCUT2D eigenvalue weighted by atomic mass is 9.97. The largest absolute Gasteiger partial charge is 0.508 e.